The zero-order chi connectivity index (χ0) is 20.6. The van der Waals surface area contributed by atoms with Crippen LogP contribution in [-0.2, 0) is 6.54 Å². The predicted molar refractivity (Wildman–Crippen MR) is 126 cm³/mol. The molecule has 1 saturated heterocycles. The maximum absolute atomic E-state index is 4.33. The van der Waals surface area contributed by atoms with Crippen LogP contribution in [0.2, 0.25) is 0 Å². The first-order valence-corrected chi connectivity index (χ1v) is 10.9. The summed E-state index contributed by atoms with van der Waals surface area (Å²) < 4.78 is 1.14. The Labute approximate surface area is 179 Å². The van der Waals surface area contributed by atoms with Gasteiger partial charge in [0.1, 0.15) is 0 Å². The summed E-state index contributed by atoms with van der Waals surface area (Å²) in [5.74, 6) is 0. The third-order valence-electron chi connectivity index (χ3n) is 4.20. The Bertz CT molecular complexity index is 623. The maximum atomic E-state index is 4.33. The number of piperazine rings is 1. The van der Waals surface area contributed by atoms with Crippen LogP contribution in [0.15, 0.2) is 65.8 Å². The van der Waals surface area contributed by atoms with E-state index in [1.807, 2.05) is 39.1 Å². The molecule has 0 atom stereocenters. The lowest BCUT2D eigenvalue weighted by molar-refractivity contribution is 0.257. The number of nitrogens with zero attached hydrogens (tertiary/aromatic N) is 3. The van der Waals surface area contributed by atoms with Gasteiger partial charge in [-0.2, -0.15) is 0 Å². The van der Waals surface area contributed by atoms with Gasteiger partial charge in [0, 0.05) is 62.2 Å². The fourth-order valence-corrected chi connectivity index (χ4v) is 3.10. The highest BCUT2D eigenvalue weighted by atomic mass is 79.9. The molecule has 2 heterocycles. The molecule has 1 aromatic heterocycles. The molecule has 154 valence electrons. The van der Waals surface area contributed by atoms with Crippen LogP contribution in [0.3, 0.4) is 0 Å². The number of allylic oxidation sites excluding steroid dienone is 1. The molecule has 4 nitrogen and oxygen atoms in total. The normalized spacial score (nSPS) is 13.6. The lowest BCUT2D eigenvalue weighted by Crippen LogP contribution is -2.48. The Hall–Kier alpha value is -1.69. The SMILES string of the molecule is Brc1ccc(N2CCN(CCNCc3ccccn3)CC2)cc1.C=CC.CC. The number of aromatic nitrogens is 1. The molecule has 0 aliphatic carbocycles. The van der Waals surface area contributed by atoms with Gasteiger partial charge in [-0.1, -0.05) is 41.9 Å². The van der Waals surface area contributed by atoms with Gasteiger partial charge < -0.3 is 10.2 Å². The molecular weight excluding hydrogens is 412 g/mol. The molecular formula is C23H35BrN4. The van der Waals surface area contributed by atoms with E-state index in [1.165, 1.54) is 5.69 Å². The van der Waals surface area contributed by atoms with Gasteiger partial charge in [-0.25, -0.2) is 0 Å². The van der Waals surface area contributed by atoms with E-state index in [4.69, 9.17) is 0 Å². The molecule has 1 aromatic carbocycles. The Morgan fingerprint density at radius 2 is 1.71 bits per heavy atom. The Morgan fingerprint density at radius 1 is 1.07 bits per heavy atom. The maximum Gasteiger partial charge on any atom is 0.0541 e. The van der Waals surface area contributed by atoms with Crippen molar-refractivity contribution in [3.8, 4) is 0 Å². The fourth-order valence-electron chi connectivity index (χ4n) is 2.84. The molecule has 2 aromatic rings. The van der Waals surface area contributed by atoms with Gasteiger partial charge in [-0.3, -0.25) is 9.88 Å². The fraction of sp³-hybridized carbons (Fsp3) is 0.435. The van der Waals surface area contributed by atoms with Gasteiger partial charge in [0.25, 0.3) is 0 Å². The summed E-state index contributed by atoms with van der Waals surface area (Å²) in [7, 11) is 0. The van der Waals surface area contributed by atoms with Crippen molar-refractivity contribution in [2.45, 2.75) is 27.3 Å². The van der Waals surface area contributed by atoms with E-state index < -0.39 is 0 Å². The summed E-state index contributed by atoms with van der Waals surface area (Å²) in [4.78, 5) is 9.32. The van der Waals surface area contributed by atoms with E-state index in [9.17, 15) is 0 Å². The lowest BCUT2D eigenvalue weighted by Gasteiger charge is -2.36. The van der Waals surface area contributed by atoms with Crippen molar-refractivity contribution in [1.29, 1.82) is 0 Å². The van der Waals surface area contributed by atoms with E-state index >= 15 is 0 Å². The van der Waals surface area contributed by atoms with Crippen molar-refractivity contribution >= 4 is 21.6 Å². The Kier molecular flexibility index (Phi) is 13.3. The summed E-state index contributed by atoms with van der Waals surface area (Å²) in [5, 5.41) is 3.48. The Morgan fingerprint density at radius 3 is 2.29 bits per heavy atom. The zero-order valence-corrected chi connectivity index (χ0v) is 19.2. The van der Waals surface area contributed by atoms with E-state index in [0.717, 1.165) is 56.0 Å². The quantitative estimate of drug-likeness (QED) is 0.500. The van der Waals surface area contributed by atoms with Crippen molar-refractivity contribution < 1.29 is 0 Å². The monoisotopic (exact) mass is 446 g/mol. The molecule has 0 spiro atoms. The number of nitrogens with one attached hydrogen (secondary N) is 1. The molecule has 1 aliphatic heterocycles. The van der Waals surface area contributed by atoms with Crippen molar-refractivity contribution in [3.63, 3.8) is 0 Å². The summed E-state index contributed by atoms with van der Waals surface area (Å²) in [6, 6.07) is 14.7. The highest BCUT2D eigenvalue weighted by molar-refractivity contribution is 9.10. The summed E-state index contributed by atoms with van der Waals surface area (Å²) >= 11 is 3.49. The van der Waals surface area contributed by atoms with Crippen LogP contribution in [0, 0.1) is 0 Å². The minimum atomic E-state index is 0.847. The molecule has 1 N–H and O–H groups in total. The van der Waals surface area contributed by atoms with Crippen LogP contribution >= 0.6 is 15.9 Å². The summed E-state index contributed by atoms with van der Waals surface area (Å²) in [6.45, 7) is 16.7. The van der Waals surface area contributed by atoms with Crippen molar-refractivity contribution in [3.05, 3.63) is 71.5 Å². The number of hydrogen-bond acceptors (Lipinski definition) is 4. The van der Waals surface area contributed by atoms with Crippen molar-refractivity contribution in [2.75, 3.05) is 44.2 Å². The molecule has 28 heavy (non-hydrogen) atoms. The second-order valence-electron chi connectivity index (χ2n) is 6.21. The van der Waals surface area contributed by atoms with Crippen LogP contribution in [0.1, 0.15) is 26.5 Å². The molecule has 0 unspecified atom stereocenters. The lowest BCUT2D eigenvalue weighted by atomic mass is 10.2. The van der Waals surface area contributed by atoms with Crippen LogP contribution < -0.4 is 10.2 Å². The highest BCUT2D eigenvalue weighted by Crippen LogP contribution is 2.19. The summed E-state index contributed by atoms with van der Waals surface area (Å²) in [5.41, 5.74) is 2.42. The summed E-state index contributed by atoms with van der Waals surface area (Å²) in [6.07, 6.45) is 3.60. The molecule has 0 amide bonds. The minimum absolute atomic E-state index is 0.847. The predicted octanol–water partition coefficient (Wildman–Crippen LogP) is 4.97. The highest BCUT2D eigenvalue weighted by Gasteiger charge is 2.16. The van der Waals surface area contributed by atoms with E-state index in [2.05, 4.69) is 72.9 Å². The number of hydrogen-bond donors (Lipinski definition) is 1. The third-order valence-corrected chi connectivity index (χ3v) is 4.73. The second-order valence-corrected chi connectivity index (χ2v) is 7.13. The number of benzene rings is 1. The van der Waals surface area contributed by atoms with Crippen LogP contribution in [0.25, 0.3) is 0 Å². The standard InChI is InChI=1S/C18H23BrN4.C3H6.C2H6/c19-16-4-6-18(7-5-16)23-13-11-22(12-14-23)10-9-20-15-17-3-1-2-8-21-17;1-3-2;1-2/h1-8,20H,9-15H2;3H,1H2,2H3;1-2H3. The average Bonchev–Trinajstić information content (AvgIpc) is 2.75. The van der Waals surface area contributed by atoms with Gasteiger partial charge in [0.15, 0.2) is 0 Å². The van der Waals surface area contributed by atoms with Gasteiger partial charge >= 0.3 is 0 Å². The first-order chi connectivity index (χ1) is 13.7. The van der Waals surface area contributed by atoms with E-state index in [0.29, 0.717) is 0 Å². The first-order valence-electron chi connectivity index (χ1n) is 10.1. The molecule has 0 saturated carbocycles. The minimum Gasteiger partial charge on any atom is -0.369 e. The van der Waals surface area contributed by atoms with Gasteiger partial charge in [0.2, 0.25) is 0 Å². The average molecular weight is 447 g/mol. The van der Waals surface area contributed by atoms with Crippen LogP contribution in [0.4, 0.5) is 5.69 Å². The van der Waals surface area contributed by atoms with Gasteiger partial charge in [-0.05, 0) is 43.3 Å². The van der Waals surface area contributed by atoms with Crippen LogP contribution in [-0.4, -0.2) is 49.2 Å². The van der Waals surface area contributed by atoms with E-state index in [1.54, 1.807) is 6.08 Å². The van der Waals surface area contributed by atoms with Gasteiger partial charge in [0.05, 0.1) is 5.69 Å². The number of halogens is 1. The van der Waals surface area contributed by atoms with E-state index in [-0.39, 0.29) is 0 Å². The number of rotatable bonds is 6. The first kappa shape index (κ1) is 24.3. The van der Waals surface area contributed by atoms with Crippen molar-refractivity contribution in [2.24, 2.45) is 0 Å². The molecule has 0 radical (unpaired) electrons. The topological polar surface area (TPSA) is 31.4 Å². The molecule has 0 bridgehead atoms. The Balaban J connectivity index is 0.000000717. The molecule has 3 rings (SSSR count). The zero-order valence-electron chi connectivity index (χ0n) is 17.6. The third kappa shape index (κ3) is 9.49. The molecule has 5 heteroatoms. The van der Waals surface area contributed by atoms with Crippen LogP contribution in [0.5, 0.6) is 0 Å². The smallest absolute Gasteiger partial charge is 0.0541 e. The molecule has 1 aliphatic rings. The molecule has 1 fully saturated rings. The largest absolute Gasteiger partial charge is 0.369 e. The number of anilines is 1. The van der Waals surface area contributed by atoms with Gasteiger partial charge in [-0.15, -0.1) is 6.58 Å². The van der Waals surface area contributed by atoms with Crippen molar-refractivity contribution in [1.82, 2.24) is 15.2 Å². The number of pyridine rings is 1. The second kappa shape index (κ2) is 15.3.